The van der Waals surface area contributed by atoms with E-state index in [9.17, 15) is 24.5 Å². The Labute approximate surface area is 193 Å². The lowest BCUT2D eigenvalue weighted by Crippen LogP contribution is -2.52. The zero-order valence-corrected chi connectivity index (χ0v) is 19.9. The van der Waals surface area contributed by atoms with E-state index in [4.69, 9.17) is 14.2 Å². The van der Waals surface area contributed by atoms with E-state index in [2.05, 4.69) is 0 Å². The molecule has 0 radical (unpaired) electrons. The predicted octanol–water partition coefficient (Wildman–Crippen LogP) is 4.84. The van der Waals surface area contributed by atoms with Crippen molar-refractivity contribution in [3.05, 3.63) is 58.3 Å². The summed E-state index contributed by atoms with van der Waals surface area (Å²) >= 11 is 0. The van der Waals surface area contributed by atoms with Crippen LogP contribution in [0.5, 0.6) is 0 Å². The number of benzene rings is 1. The van der Waals surface area contributed by atoms with Gasteiger partial charge >= 0.3 is 18.2 Å². The number of ether oxygens (including phenoxy) is 3. The monoisotopic (exact) mass is 464 g/mol. The summed E-state index contributed by atoms with van der Waals surface area (Å²) in [5.74, 6) is -0.870. The van der Waals surface area contributed by atoms with Crippen LogP contribution in [0.4, 0.5) is 9.59 Å². The van der Waals surface area contributed by atoms with Crippen LogP contribution in [0.2, 0.25) is 0 Å². The molecular formula is C23H32N2O8. The van der Waals surface area contributed by atoms with Crippen molar-refractivity contribution in [3.63, 3.8) is 0 Å². The standard InChI is InChI=1S/C23H32N2O8/c1-22(2,3)32-20(27)25(21(28)33-23(4,5)6)18(14-10-11-15-24(29)30)19(26)31-16-17-12-8-7-9-13-17/h7-9,11-13,15,18H,10,14,16H2,1-6H3/t18-/m1/s1. The van der Waals surface area contributed by atoms with E-state index in [1.165, 1.54) is 6.08 Å². The topological polar surface area (TPSA) is 125 Å². The molecule has 1 aromatic rings. The molecule has 33 heavy (non-hydrogen) atoms. The molecule has 0 aliphatic rings. The summed E-state index contributed by atoms with van der Waals surface area (Å²) in [6, 6.07) is 7.44. The summed E-state index contributed by atoms with van der Waals surface area (Å²) in [4.78, 5) is 49.3. The maximum absolute atomic E-state index is 13.0. The minimum absolute atomic E-state index is 0.0220. The summed E-state index contributed by atoms with van der Waals surface area (Å²) in [5.41, 5.74) is -1.21. The van der Waals surface area contributed by atoms with Crippen LogP contribution < -0.4 is 0 Å². The number of nitrogens with zero attached hydrogens (tertiary/aromatic N) is 2. The van der Waals surface area contributed by atoms with Crippen LogP contribution in [-0.4, -0.2) is 45.2 Å². The highest BCUT2D eigenvalue weighted by Gasteiger charge is 2.40. The van der Waals surface area contributed by atoms with Gasteiger partial charge in [-0.05, 0) is 66.0 Å². The SMILES string of the molecule is CC(C)(C)OC(=O)N(C(=O)OC(C)(C)C)[C@H](CCC=C[N+](=O)[O-])C(=O)OCc1ccccc1. The van der Waals surface area contributed by atoms with Gasteiger partial charge in [0.2, 0.25) is 6.20 Å². The zero-order chi connectivity index (χ0) is 25.2. The summed E-state index contributed by atoms with van der Waals surface area (Å²) in [6.07, 6.45) is -0.337. The molecule has 0 unspecified atom stereocenters. The predicted molar refractivity (Wildman–Crippen MR) is 120 cm³/mol. The van der Waals surface area contributed by atoms with Crippen molar-refractivity contribution in [2.24, 2.45) is 0 Å². The Kier molecular flexibility index (Phi) is 10.0. The Morgan fingerprint density at radius 1 is 1.00 bits per heavy atom. The molecule has 1 aromatic carbocycles. The number of amides is 2. The Hall–Kier alpha value is -3.43. The van der Waals surface area contributed by atoms with Crippen molar-refractivity contribution in [2.45, 2.75) is 78.2 Å². The molecule has 0 aliphatic carbocycles. The highest BCUT2D eigenvalue weighted by molar-refractivity contribution is 5.94. The average molecular weight is 465 g/mol. The van der Waals surface area contributed by atoms with Gasteiger partial charge in [0.05, 0.1) is 4.92 Å². The molecule has 0 N–H and O–H groups in total. The van der Waals surface area contributed by atoms with Crippen LogP contribution in [-0.2, 0) is 25.6 Å². The summed E-state index contributed by atoms with van der Waals surface area (Å²) in [7, 11) is 0. The molecule has 2 amide bonds. The molecule has 0 aliphatic heterocycles. The lowest BCUT2D eigenvalue weighted by atomic mass is 10.1. The maximum Gasteiger partial charge on any atom is 0.420 e. The third-order valence-electron chi connectivity index (χ3n) is 3.82. The van der Waals surface area contributed by atoms with Crippen molar-refractivity contribution in [2.75, 3.05) is 0 Å². The molecule has 10 heteroatoms. The fourth-order valence-corrected chi connectivity index (χ4v) is 2.54. The highest BCUT2D eigenvalue weighted by atomic mass is 16.6. The number of imide groups is 1. The number of carbonyl (C=O) groups excluding carboxylic acids is 3. The number of nitro groups is 1. The normalized spacial score (nSPS) is 12.7. The van der Waals surface area contributed by atoms with Crippen LogP contribution in [0.25, 0.3) is 0 Å². The molecule has 0 bridgehead atoms. The molecule has 1 atom stereocenters. The van der Waals surface area contributed by atoms with Crippen molar-refractivity contribution >= 4 is 18.2 Å². The molecule has 0 saturated carbocycles. The number of allylic oxidation sites excluding steroid dienone is 1. The van der Waals surface area contributed by atoms with Gasteiger partial charge in [-0.3, -0.25) is 10.1 Å². The van der Waals surface area contributed by atoms with Gasteiger partial charge < -0.3 is 14.2 Å². The molecule has 0 saturated heterocycles. The van der Waals surface area contributed by atoms with Crippen LogP contribution in [0, 0.1) is 10.1 Å². The van der Waals surface area contributed by atoms with E-state index in [1.807, 2.05) is 6.07 Å². The summed E-state index contributed by atoms with van der Waals surface area (Å²) < 4.78 is 16.0. The Morgan fingerprint density at radius 2 is 1.52 bits per heavy atom. The van der Waals surface area contributed by atoms with E-state index in [1.54, 1.807) is 65.8 Å². The molecular weight excluding hydrogens is 432 g/mol. The molecule has 0 aromatic heterocycles. The fraction of sp³-hybridized carbons (Fsp3) is 0.522. The lowest BCUT2D eigenvalue weighted by molar-refractivity contribution is -0.402. The molecule has 0 spiro atoms. The van der Waals surface area contributed by atoms with Gasteiger partial charge in [-0.1, -0.05) is 30.3 Å². The number of hydrogen-bond donors (Lipinski definition) is 0. The van der Waals surface area contributed by atoms with E-state index < -0.39 is 40.3 Å². The zero-order valence-electron chi connectivity index (χ0n) is 19.9. The first-order valence-corrected chi connectivity index (χ1v) is 10.5. The van der Waals surface area contributed by atoms with Gasteiger partial charge in [0.1, 0.15) is 23.9 Å². The van der Waals surface area contributed by atoms with E-state index >= 15 is 0 Å². The molecule has 0 heterocycles. The van der Waals surface area contributed by atoms with Gasteiger partial charge in [-0.25, -0.2) is 14.4 Å². The van der Waals surface area contributed by atoms with Crippen molar-refractivity contribution in [1.82, 2.24) is 4.90 Å². The minimum atomic E-state index is -1.42. The Bertz CT molecular complexity index is 825. The second-order valence-electron chi connectivity index (χ2n) is 9.19. The molecule has 182 valence electrons. The van der Waals surface area contributed by atoms with Crippen LogP contribution in [0.1, 0.15) is 59.9 Å². The van der Waals surface area contributed by atoms with Crippen molar-refractivity contribution in [3.8, 4) is 0 Å². The maximum atomic E-state index is 13.0. The van der Waals surface area contributed by atoms with Gasteiger partial charge in [-0.15, -0.1) is 0 Å². The molecule has 1 rings (SSSR count). The number of hydrogen-bond acceptors (Lipinski definition) is 8. The summed E-state index contributed by atoms with van der Waals surface area (Å²) in [6.45, 7) is 9.59. The van der Waals surface area contributed by atoms with E-state index in [0.717, 1.165) is 6.20 Å². The van der Waals surface area contributed by atoms with Gasteiger partial charge in [-0.2, -0.15) is 4.90 Å². The van der Waals surface area contributed by atoms with Crippen LogP contribution >= 0.6 is 0 Å². The minimum Gasteiger partial charge on any atom is -0.459 e. The number of carbonyl (C=O) groups is 3. The van der Waals surface area contributed by atoms with Gasteiger partial charge in [0.25, 0.3) is 0 Å². The van der Waals surface area contributed by atoms with Crippen LogP contribution in [0.15, 0.2) is 42.6 Å². The Morgan fingerprint density at radius 3 is 1.97 bits per heavy atom. The second kappa shape index (κ2) is 12.0. The quantitative estimate of drug-likeness (QED) is 0.231. The van der Waals surface area contributed by atoms with Gasteiger partial charge in [0, 0.05) is 0 Å². The first kappa shape index (κ1) is 27.6. The van der Waals surface area contributed by atoms with Gasteiger partial charge in [0.15, 0.2) is 0 Å². The van der Waals surface area contributed by atoms with E-state index in [0.29, 0.717) is 10.5 Å². The third kappa shape index (κ3) is 11.1. The fourth-order valence-electron chi connectivity index (χ4n) is 2.54. The first-order chi connectivity index (χ1) is 15.2. The van der Waals surface area contributed by atoms with Crippen molar-refractivity contribution in [1.29, 1.82) is 0 Å². The number of esters is 1. The Balaban J connectivity index is 3.23. The van der Waals surface area contributed by atoms with E-state index in [-0.39, 0.29) is 19.4 Å². The second-order valence-corrected chi connectivity index (χ2v) is 9.19. The summed E-state index contributed by atoms with van der Waals surface area (Å²) in [5, 5.41) is 10.6. The first-order valence-electron chi connectivity index (χ1n) is 10.5. The highest BCUT2D eigenvalue weighted by Crippen LogP contribution is 2.20. The largest absolute Gasteiger partial charge is 0.459 e. The smallest absolute Gasteiger partial charge is 0.420 e. The average Bonchev–Trinajstić information content (AvgIpc) is 2.66. The third-order valence-corrected chi connectivity index (χ3v) is 3.82. The molecule has 10 nitrogen and oxygen atoms in total. The number of rotatable bonds is 8. The van der Waals surface area contributed by atoms with Crippen molar-refractivity contribution < 1.29 is 33.5 Å². The lowest BCUT2D eigenvalue weighted by Gasteiger charge is -2.32. The molecule has 0 fully saturated rings. The van der Waals surface area contributed by atoms with Crippen LogP contribution in [0.3, 0.4) is 0 Å².